The SMILES string of the molecule is C1CCCCC1.C1CCNCC1.CCC. The summed E-state index contributed by atoms with van der Waals surface area (Å²) in [7, 11) is 0. The number of nitrogens with one attached hydrogen (secondary N) is 1. The summed E-state index contributed by atoms with van der Waals surface area (Å²) < 4.78 is 0. The van der Waals surface area contributed by atoms with Crippen molar-refractivity contribution in [3.63, 3.8) is 0 Å². The molecule has 0 atom stereocenters. The third-order valence-electron chi connectivity index (χ3n) is 2.71. The highest BCUT2D eigenvalue weighted by atomic mass is 14.9. The van der Waals surface area contributed by atoms with Gasteiger partial charge in [0.2, 0.25) is 0 Å². The normalized spacial score (nSPS) is 20.4. The van der Waals surface area contributed by atoms with Gasteiger partial charge in [0.15, 0.2) is 0 Å². The maximum atomic E-state index is 3.28. The van der Waals surface area contributed by atoms with Crippen molar-refractivity contribution in [3.8, 4) is 0 Å². The molecule has 0 amide bonds. The van der Waals surface area contributed by atoms with E-state index in [0.717, 1.165) is 0 Å². The predicted molar refractivity (Wildman–Crippen MR) is 70.4 cm³/mol. The van der Waals surface area contributed by atoms with E-state index in [1.807, 2.05) is 0 Å². The molecule has 0 radical (unpaired) electrons. The zero-order valence-corrected chi connectivity index (χ0v) is 11.0. The summed E-state index contributed by atoms with van der Waals surface area (Å²) in [6.45, 7) is 6.75. The first-order valence-corrected chi connectivity index (χ1v) is 7.12. The Morgan fingerprint density at radius 2 is 0.867 bits per heavy atom. The fourth-order valence-electron chi connectivity index (χ4n) is 1.86. The van der Waals surface area contributed by atoms with Crippen LogP contribution in [-0.2, 0) is 0 Å². The smallest absolute Gasteiger partial charge is 0.00489 e. The van der Waals surface area contributed by atoms with Crippen molar-refractivity contribution in [1.82, 2.24) is 5.32 Å². The maximum absolute atomic E-state index is 3.28. The van der Waals surface area contributed by atoms with Gasteiger partial charge in [0.1, 0.15) is 0 Å². The summed E-state index contributed by atoms with van der Waals surface area (Å²) in [4.78, 5) is 0. The van der Waals surface area contributed by atoms with Crippen molar-refractivity contribution in [2.75, 3.05) is 13.1 Å². The van der Waals surface area contributed by atoms with Gasteiger partial charge >= 0.3 is 0 Å². The molecule has 0 unspecified atom stereocenters. The second kappa shape index (κ2) is 14.0. The van der Waals surface area contributed by atoms with Crippen LogP contribution < -0.4 is 5.32 Å². The Hall–Kier alpha value is -0.0400. The van der Waals surface area contributed by atoms with E-state index >= 15 is 0 Å². The van der Waals surface area contributed by atoms with Crippen LogP contribution in [0.2, 0.25) is 0 Å². The van der Waals surface area contributed by atoms with Crippen LogP contribution in [0.1, 0.15) is 78.1 Å². The van der Waals surface area contributed by atoms with E-state index in [9.17, 15) is 0 Å². The van der Waals surface area contributed by atoms with Crippen molar-refractivity contribution in [1.29, 1.82) is 0 Å². The van der Waals surface area contributed by atoms with Gasteiger partial charge in [-0.3, -0.25) is 0 Å². The molecule has 2 aliphatic rings. The summed E-state index contributed by atoms with van der Waals surface area (Å²) in [6.07, 6.45) is 14.5. The summed E-state index contributed by atoms with van der Waals surface area (Å²) in [5.41, 5.74) is 0. The van der Waals surface area contributed by atoms with E-state index in [0.29, 0.717) is 0 Å². The van der Waals surface area contributed by atoms with Crippen LogP contribution in [0.3, 0.4) is 0 Å². The first kappa shape index (κ1) is 15.0. The molecule has 0 aromatic carbocycles. The largest absolute Gasteiger partial charge is 0.317 e. The molecule has 1 N–H and O–H groups in total. The quantitative estimate of drug-likeness (QED) is 0.624. The average molecular weight is 213 g/mol. The molecule has 0 bridgehead atoms. The third-order valence-corrected chi connectivity index (χ3v) is 2.71. The predicted octanol–water partition coefficient (Wildman–Crippen LogP) is 4.52. The summed E-state index contributed by atoms with van der Waals surface area (Å²) in [5, 5.41) is 3.28. The van der Waals surface area contributed by atoms with Crippen LogP contribution >= 0.6 is 0 Å². The van der Waals surface area contributed by atoms with Crippen LogP contribution in [0.15, 0.2) is 0 Å². The minimum Gasteiger partial charge on any atom is -0.317 e. The van der Waals surface area contributed by atoms with E-state index in [-0.39, 0.29) is 0 Å². The molecule has 0 spiro atoms. The van der Waals surface area contributed by atoms with E-state index < -0.39 is 0 Å². The average Bonchev–Trinajstić information content (AvgIpc) is 2.35. The topological polar surface area (TPSA) is 12.0 Å². The van der Waals surface area contributed by atoms with Gasteiger partial charge in [0, 0.05) is 0 Å². The monoisotopic (exact) mass is 213 g/mol. The lowest BCUT2D eigenvalue weighted by Crippen LogP contribution is -2.21. The Labute approximate surface area is 97.0 Å². The summed E-state index contributed by atoms with van der Waals surface area (Å²) in [5.74, 6) is 0. The van der Waals surface area contributed by atoms with E-state index in [1.54, 1.807) is 0 Å². The van der Waals surface area contributed by atoms with E-state index in [4.69, 9.17) is 0 Å². The highest BCUT2D eigenvalue weighted by Crippen LogP contribution is 2.15. The molecule has 1 heterocycles. The molecule has 1 saturated heterocycles. The fourth-order valence-corrected chi connectivity index (χ4v) is 1.86. The van der Waals surface area contributed by atoms with Crippen molar-refractivity contribution in [2.24, 2.45) is 0 Å². The lowest BCUT2D eigenvalue weighted by molar-refractivity contribution is 0.504. The molecule has 2 rings (SSSR count). The molecule has 92 valence electrons. The Kier molecular flexibility index (Phi) is 13.9. The minimum absolute atomic E-state index is 1.25. The first-order chi connectivity index (χ1) is 7.41. The van der Waals surface area contributed by atoms with Gasteiger partial charge in [0.05, 0.1) is 0 Å². The van der Waals surface area contributed by atoms with Gasteiger partial charge in [-0.15, -0.1) is 0 Å². The first-order valence-electron chi connectivity index (χ1n) is 7.12. The highest BCUT2D eigenvalue weighted by molar-refractivity contribution is 4.55. The zero-order chi connectivity index (χ0) is 11.2. The molecule has 1 heteroatoms. The maximum Gasteiger partial charge on any atom is -0.00489 e. The number of hydrogen-bond acceptors (Lipinski definition) is 1. The second-order valence-electron chi connectivity index (χ2n) is 4.64. The van der Waals surface area contributed by atoms with Crippen LogP contribution in [0.25, 0.3) is 0 Å². The Morgan fingerprint density at radius 3 is 1.00 bits per heavy atom. The lowest BCUT2D eigenvalue weighted by atomic mass is 10.0. The summed E-state index contributed by atoms with van der Waals surface area (Å²) in [6, 6.07) is 0. The molecule has 2 fully saturated rings. The van der Waals surface area contributed by atoms with Gasteiger partial charge in [-0.25, -0.2) is 0 Å². The van der Waals surface area contributed by atoms with Gasteiger partial charge in [-0.05, 0) is 25.9 Å². The van der Waals surface area contributed by atoms with Crippen LogP contribution in [0, 0.1) is 0 Å². The highest BCUT2D eigenvalue weighted by Gasteiger charge is 1.95. The van der Waals surface area contributed by atoms with Crippen molar-refractivity contribution in [2.45, 2.75) is 78.1 Å². The van der Waals surface area contributed by atoms with Gasteiger partial charge in [0.25, 0.3) is 0 Å². The minimum atomic E-state index is 1.25. The van der Waals surface area contributed by atoms with E-state index in [1.165, 1.54) is 77.3 Å². The third kappa shape index (κ3) is 14.0. The Morgan fingerprint density at radius 1 is 0.600 bits per heavy atom. The van der Waals surface area contributed by atoms with Crippen molar-refractivity contribution < 1.29 is 0 Å². The molecule has 1 saturated carbocycles. The number of piperidine rings is 1. The molecule has 1 aliphatic heterocycles. The van der Waals surface area contributed by atoms with E-state index in [2.05, 4.69) is 19.2 Å². The molecular formula is C14H31N. The van der Waals surface area contributed by atoms with Crippen LogP contribution in [-0.4, -0.2) is 13.1 Å². The molecule has 0 aromatic rings. The van der Waals surface area contributed by atoms with Gasteiger partial charge in [-0.1, -0.05) is 65.2 Å². The molecular weight excluding hydrogens is 182 g/mol. The second-order valence-corrected chi connectivity index (χ2v) is 4.64. The molecule has 0 aromatic heterocycles. The fraction of sp³-hybridized carbons (Fsp3) is 1.00. The zero-order valence-electron chi connectivity index (χ0n) is 11.0. The Balaban J connectivity index is 0.000000210. The van der Waals surface area contributed by atoms with Crippen LogP contribution in [0.5, 0.6) is 0 Å². The summed E-state index contributed by atoms with van der Waals surface area (Å²) >= 11 is 0. The molecule has 15 heavy (non-hydrogen) atoms. The van der Waals surface area contributed by atoms with Crippen molar-refractivity contribution in [3.05, 3.63) is 0 Å². The lowest BCUT2D eigenvalue weighted by Gasteiger charge is -2.08. The van der Waals surface area contributed by atoms with Crippen LogP contribution in [0.4, 0.5) is 0 Å². The molecule has 1 nitrogen and oxygen atoms in total. The van der Waals surface area contributed by atoms with Crippen molar-refractivity contribution >= 4 is 0 Å². The number of rotatable bonds is 0. The Bertz CT molecular complexity index is 58.5. The van der Waals surface area contributed by atoms with Gasteiger partial charge < -0.3 is 5.32 Å². The number of hydrogen-bond donors (Lipinski definition) is 1. The molecule has 1 aliphatic carbocycles. The standard InChI is InChI=1S/C6H12.C5H11N.C3H8/c2*1-2-4-6-5-3-1;1-3-2/h1-6H2;6H,1-5H2;3H2,1-2H3. The van der Waals surface area contributed by atoms with Gasteiger partial charge in [-0.2, -0.15) is 0 Å².